The standard InChI is InChI=1S/C14H20N2/c1-3-4-10(2)16-14-8-5-11-9-12(15)6-7-13(11)14/h3,6-7,9-10,14,16H,1,4-5,8,15H2,2H3. The molecule has 0 fully saturated rings. The highest BCUT2D eigenvalue weighted by Crippen LogP contribution is 2.32. The van der Waals surface area contributed by atoms with Crippen LogP contribution < -0.4 is 11.1 Å². The monoisotopic (exact) mass is 216 g/mol. The smallest absolute Gasteiger partial charge is 0.0328 e. The van der Waals surface area contributed by atoms with Gasteiger partial charge in [-0.25, -0.2) is 0 Å². The summed E-state index contributed by atoms with van der Waals surface area (Å²) >= 11 is 0. The first-order chi connectivity index (χ1) is 7.70. The Kier molecular flexibility index (Phi) is 3.30. The maximum Gasteiger partial charge on any atom is 0.0328 e. The van der Waals surface area contributed by atoms with Crippen LogP contribution >= 0.6 is 0 Å². The zero-order valence-corrected chi connectivity index (χ0v) is 9.87. The summed E-state index contributed by atoms with van der Waals surface area (Å²) in [6.07, 6.45) is 5.30. The highest BCUT2D eigenvalue weighted by Gasteiger charge is 2.22. The van der Waals surface area contributed by atoms with Crippen molar-refractivity contribution in [2.75, 3.05) is 5.73 Å². The molecule has 1 aromatic rings. The van der Waals surface area contributed by atoms with Crippen LogP contribution in [0.3, 0.4) is 0 Å². The van der Waals surface area contributed by atoms with Crippen molar-refractivity contribution in [2.24, 2.45) is 0 Å². The molecule has 2 unspecified atom stereocenters. The Bertz CT molecular complexity index is 384. The first-order valence-electron chi connectivity index (χ1n) is 5.96. The van der Waals surface area contributed by atoms with Gasteiger partial charge in [-0.05, 0) is 49.4 Å². The molecule has 0 saturated carbocycles. The van der Waals surface area contributed by atoms with E-state index in [0.29, 0.717) is 12.1 Å². The average Bonchev–Trinajstić information content (AvgIpc) is 2.61. The summed E-state index contributed by atoms with van der Waals surface area (Å²) in [7, 11) is 0. The Hall–Kier alpha value is -1.28. The van der Waals surface area contributed by atoms with E-state index in [1.807, 2.05) is 12.1 Å². The van der Waals surface area contributed by atoms with Gasteiger partial charge in [-0.2, -0.15) is 0 Å². The van der Waals surface area contributed by atoms with Crippen LogP contribution in [-0.2, 0) is 6.42 Å². The third kappa shape index (κ3) is 2.27. The molecular formula is C14H20N2. The number of aryl methyl sites for hydroxylation is 1. The lowest BCUT2D eigenvalue weighted by Gasteiger charge is -2.19. The lowest BCUT2D eigenvalue weighted by atomic mass is 10.1. The first-order valence-corrected chi connectivity index (χ1v) is 5.96. The number of hydrogen-bond acceptors (Lipinski definition) is 2. The van der Waals surface area contributed by atoms with Crippen LogP contribution in [0.4, 0.5) is 5.69 Å². The SMILES string of the molecule is C=CCC(C)NC1CCc2cc(N)ccc21. The molecule has 2 atom stereocenters. The van der Waals surface area contributed by atoms with Crippen LogP contribution in [0.1, 0.15) is 36.9 Å². The van der Waals surface area contributed by atoms with Crippen molar-refractivity contribution in [3.63, 3.8) is 0 Å². The van der Waals surface area contributed by atoms with E-state index < -0.39 is 0 Å². The molecule has 1 aliphatic carbocycles. The lowest BCUT2D eigenvalue weighted by molar-refractivity contribution is 0.456. The molecule has 2 heteroatoms. The molecular weight excluding hydrogens is 196 g/mol. The summed E-state index contributed by atoms with van der Waals surface area (Å²) < 4.78 is 0. The molecule has 0 aromatic heterocycles. The minimum Gasteiger partial charge on any atom is -0.399 e. The second-order valence-electron chi connectivity index (χ2n) is 4.64. The number of benzene rings is 1. The highest BCUT2D eigenvalue weighted by molar-refractivity contribution is 5.47. The molecule has 1 aliphatic rings. The Morgan fingerprint density at radius 3 is 3.19 bits per heavy atom. The number of hydrogen-bond donors (Lipinski definition) is 2. The normalized spacial score (nSPS) is 20.4. The number of fused-ring (bicyclic) bond motifs is 1. The summed E-state index contributed by atoms with van der Waals surface area (Å²) in [5.41, 5.74) is 9.49. The molecule has 16 heavy (non-hydrogen) atoms. The van der Waals surface area contributed by atoms with E-state index in [0.717, 1.165) is 18.5 Å². The molecule has 1 aromatic carbocycles. The van der Waals surface area contributed by atoms with Crippen LogP contribution in [0.5, 0.6) is 0 Å². The number of nitrogen functional groups attached to an aromatic ring is 1. The topological polar surface area (TPSA) is 38.0 Å². The van der Waals surface area contributed by atoms with Crippen molar-refractivity contribution in [1.82, 2.24) is 5.32 Å². The van der Waals surface area contributed by atoms with Gasteiger partial charge in [0.1, 0.15) is 0 Å². The van der Waals surface area contributed by atoms with Crippen molar-refractivity contribution in [1.29, 1.82) is 0 Å². The molecule has 2 nitrogen and oxygen atoms in total. The van der Waals surface area contributed by atoms with Gasteiger partial charge in [0, 0.05) is 17.8 Å². The van der Waals surface area contributed by atoms with Gasteiger partial charge in [-0.3, -0.25) is 0 Å². The van der Waals surface area contributed by atoms with E-state index in [9.17, 15) is 0 Å². The fourth-order valence-corrected chi connectivity index (χ4v) is 2.47. The van der Waals surface area contributed by atoms with Crippen LogP contribution in [0.25, 0.3) is 0 Å². The molecule has 0 amide bonds. The van der Waals surface area contributed by atoms with Gasteiger partial charge in [-0.15, -0.1) is 6.58 Å². The summed E-state index contributed by atoms with van der Waals surface area (Å²) in [6.45, 7) is 5.98. The number of anilines is 1. The molecule has 0 spiro atoms. The summed E-state index contributed by atoms with van der Waals surface area (Å²) in [4.78, 5) is 0. The highest BCUT2D eigenvalue weighted by atomic mass is 14.9. The van der Waals surface area contributed by atoms with Crippen molar-refractivity contribution >= 4 is 5.69 Å². The average molecular weight is 216 g/mol. The van der Waals surface area contributed by atoms with Crippen LogP contribution in [0.2, 0.25) is 0 Å². The van der Waals surface area contributed by atoms with Gasteiger partial charge in [-0.1, -0.05) is 12.1 Å². The lowest BCUT2D eigenvalue weighted by Crippen LogP contribution is -2.28. The maximum atomic E-state index is 5.79. The Morgan fingerprint density at radius 1 is 1.62 bits per heavy atom. The van der Waals surface area contributed by atoms with E-state index in [2.05, 4.69) is 31.0 Å². The van der Waals surface area contributed by atoms with E-state index in [1.165, 1.54) is 17.5 Å². The Morgan fingerprint density at radius 2 is 2.44 bits per heavy atom. The fourth-order valence-electron chi connectivity index (χ4n) is 2.47. The molecule has 0 aliphatic heterocycles. The predicted octanol–water partition coefficient (Wildman–Crippen LogP) is 2.81. The predicted molar refractivity (Wildman–Crippen MR) is 69.3 cm³/mol. The third-order valence-electron chi connectivity index (χ3n) is 3.25. The molecule has 0 heterocycles. The quantitative estimate of drug-likeness (QED) is 0.600. The largest absolute Gasteiger partial charge is 0.399 e. The van der Waals surface area contributed by atoms with Crippen molar-refractivity contribution in [2.45, 2.75) is 38.3 Å². The van der Waals surface area contributed by atoms with Gasteiger partial charge < -0.3 is 11.1 Å². The summed E-state index contributed by atoms with van der Waals surface area (Å²) in [5.74, 6) is 0. The minimum atomic E-state index is 0.491. The Balaban J connectivity index is 2.08. The first kappa shape index (κ1) is 11.2. The summed E-state index contributed by atoms with van der Waals surface area (Å²) in [6, 6.07) is 7.25. The van der Waals surface area contributed by atoms with E-state index in [1.54, 1.807) is 0 Å². The zero-order chi connectivity index (χ0) is 11.5. The molecule has 0 saturated heterocycles. The van der Waals surface area contributed by atoms with Gasteiger partial charge in [0.25, 0.3) is 0 Å². The second kappa shape index (κ2) is 4.71. The Labute approximate surface area is 97.5 Å². The van der Waals surface area contributed by atoms with E-state index in [4.69, 9.17) is 5.73 Å². The van der Waals surface area contributed by atoms with E-state index in [-0.39, 0.29) is 0 Å². The number of nitrogens with one attached hydrogen (secondary N) is 1. The maximum absolute atomic E-state index is 5.79. The minimum absolute atomic E-state index is 0.491. The molecule has 0 bridgehead atoms. The second-order valence-corrected chi connectivity index (χ2v) is 4.64. The molecule has 2 rings (SSSR count). The van der Waals surface area contributed by atoms with Crippen molar-refractivity contribution in [3.8, 4) is 0 Å². The van der Waals surface area contributed by atoms with Crippen LogP contribution in [0.15, 0.2) is 30.9 Å². The fraction of sp³-hybridized carbons (Fsp3) is 0.429. The van der Waals surface area contributed by atoms with Gasteiger partial charge >= 0.3 is 0 Å². The van der Waals surface area contributed by atoms with E-state index >= 15 is 0 Å². The number of rotatable bonds is 4. The molecule has 3 N–H and O–H groups in total. The van der Waals surface area contributed by atoms with Gasteiger partial charge in [0.05, 0.1) is 0 Å². The van der Waals surface area contributed by atoms with Crippen molar-refractivity contribution < 1.29 is 0 Å². The van der Waals surface area contributed by atoms with Gasteiger partial charge in [0.2, 0.25) is 0 Å². The number of nitrogens with two attached hydrogens (primary N) is 1. The zero-order valence-electron chi connectivity index (χ0n) is 9.87. The molecule has 0 radical (unpaired) electrons. The van der Waals surface area contributed by atoms with Crippen LogP contribution in [-0.4, -0.2) is 6.04 Å². The van der Waals surface area contributed by atoms with Gasteiger partial charge in [0.15, 0.2) is 0 Å². The molecule has 86 valence electrons. The summed E-state index contributed by atoms with van der Waals surface area (Å²) in [5, 5.41) is 3.64. The third-order valence-corrected chi connectivity index (χ3v) is 3.25. The van der Waals surface area contributed by atoms with Crippen molar-refractivity contribution in [3.05, 3.63) is 42.0 Å². The van der Waals surface area contributed by atoms with Crippen LogP contribution in [0, 0.1) is 0 Å².